The van der Waals surface area contributed by atoms with Crippen LogP contribution in [0.15, 0.2) is 510 Å². The Morgan fingerprint density at radius 3 is 0.804 bits per heavy atom. The standard InChI is InChI=1S/C70H50N2.C64H46N2/c1-69(2)64-44-52(48-20-8-4-9-21-48)36-41-58(64)59-42-39-55(45-65(59)69)71(54-37-34-51(35-38-54)50-32-30-49(31-33-50)47-18-6-3-7-19-47)56-40-43-60-57-24-12-13-25-61(57)70(66(60)46-56)62-26-14-16-28-67(62)72(53-22-10-5-11-23-53)68-29-17-15-27-63(68)70;1-63(2)54-26-12-9-24-50(54)52-39-35-45(41-58(52)63)43-33-36-47(37-34-43)65(60-30-16-11-23-49(60)44-19-5-3-6-20-44)48-38-40-53-51-25-10-13-27-55(51)64(59(53)42-48)56-28-14-17-31-61(56)66(46-21-7-4-8-22-46)62-32-18-15-29-57(62)64/h3-46H,1-2H3;3-42H,1-2H3. The quantitative estimate of drug-likeness (QED) is 0.114. The predicted octanol–water partition coefficient (Wildman–Crippen LogP) is 35.6. The van der Waals surface area contributed by atoms with E-state index in [1.807, 2.05) is 0 Å². The van der Waals surface area contributed by atoms with E-state index in [9.17, 15) is 0 Å². The Morgan fingerprint density at radius 2 is 0.391 bits per heavy atom. The minimum atomic E-state index is -0.583. The van der Waals surface area contributed by atoms with Gasteiger partial charge in [-0.25, -0.2) is 0 Å². The van der Waals surface area contributed by atoms with Crippen molar-refractivity contribution in [3.8, 4) is 100 Å². The van der Waals surface area contributed by atoms with Gasteiger partial charge in [0.2, 0.25) is 0 Å². The molecule has 0 atom stereocenters. The predicted molar refractivity (Wildman–Crippen MR) is 576 cm³/mol. The van der Waals surface area contributed by atoms with Crippen molar-refractivity contribution < 1.29 is 0 Å². The van der Waals surface area contributed by atoms with E-state index in [2.05, 4.69) is 557 Å². The van der Waals surface area contributed by atoms with Gasteiger partial charge in [-0.1, -0.05) is 410 Å². The molecule has 0 aromatic heterocycles. The first-order valence-corrected chi connectivity index (χ1v) is 48.3. The maximum Gasteiger partial charge on any atom is 0.0755 e. The summed E-state index contributed by atoms with van der Waals surface area (Å²) in [6.45, 7) is 9.50. The van der Waals surface area contributed by atoms with Crippen LogP contribution in [0.3, 0.4) is 0 Å². The topological polar surface area (TPSA) is 13.0 Å². The number of hydrogen-bond donors (Lipinski definition) is 0. The first kappa shape index (κ1) is 81.6. The van der Waals surface area contributed by atoms with Gasteiger partial charge in [0.1, 0.15) is 0 Å². The van der Waals surface area contributed by atoms with Crippen LogP contribution in [0.25, 0.3) is 100 Å². The van der Waals surface area contributed by atoms with Crippen LogP contribution in [0.4, 0.5) is 68.2 Å². The van der Waals surface area contributed by atoms with E-state index in [0.717, 1.165) is 45.5 Å². The van der Waals surface area contributed by atoms with Crippen molar-refractivity contribution in [3.05, 3.63) is 576 Å². The van der Waals surface area contributed by atoms with Crippen molar-refractivity contribution in [2.24, 2.45) is 0 Å². The van der Waals surface area contributed by atoms with Crippen molar-refractivity contribution in [1.82, 2.24) is 0 Å². The molecule has 0 radical (unpaired) electrons. The van der Waals surface area contributed by atoms with Gasteiger partial charge >= 0.3 is 0 Å². The highest BCUT2D eigenvalue weighted by Gasteiger charge is 2.54. The summed E-state index contributed by atoms with van der Waals surface area (Å²) < 4.78 is 0. The summed E-state index contributed by atoms with van der Waals surface area (Å²) in [5.74, 6) is 0. The average Bonchev–Trinajstić information content (AvgIpc) is 1.49. The lowest BCUT2D eigenvalue weighted by Crippen LogP contribution is -2.36. The molecule has 27 rings (SSSR count). The number of hydrogen-bond acceptors (Lipinski definition) is 4. The Kier molecular flexibility index (Phi) is 19.1. The minimum Gasteiger partial charge on any atom is -0.310 e. The second-order valence-corrected chi connectivity index (χ2v) is 38.5. The molecule has 21 aromatic rings. The number of fused-ring (bicyclic) bond motifs is 24. The molecule has 4 aliphatic carbocycles. The van der Waals surface area contributed by atoms with Crippen LogP contribution in [0.2, 0.25) is 0 Å². The molecule has 0 fully saturated rings. The Hall–Kier alpha value is -17.2. The van der Waals surface area contributed by atoms with E-state index in [4.69, 9.17) is 0 Å². The summed E-state index contributed by atoms with van der Waals surface area (Å²) in [5.41, 5.74) is 50.5. The van der Waals surface area contributed by atoms with Crippen molar-refractivity contribution in [1.29, 1.82) is 0 Å². The summed E-state index contributed by atoms with van der Waals surface area (Å²) in [4.78, 5) is 9.87. The highest BCUT2D eigenvalue weighted by molar-refractivity contribution is 6.02. The summed E-state index contributed by atoms with van der Waals surface area (Å²) in [5, 5.41) is 0. The van der Waals surface area contributed by atoms with E-state index < -0.39 is 10.8 Å². The van der Waals surface area contributed by atoms with Crippen LogP contribution in [0.5, 0.6) is 0 Å². The van der Waals surface area contributed by atoms with Crippen LogP contribution < -0.4 is 19.6 Å². The zero-order valence-corrected chi connectivity index (χ0v) is 77.3. The molecule has 2 heterocycles. The Balaban J connectivity index is 0.000000143. The van der Waals surface area contributed by atoms with Gasteiger partial charge in [0, 0.05) is 56.2 Å². The van der Waals surface area contributed by atoms with E-state index in [1.165, 1.54) is 190 Å². The van der Waals surface area contributed by atoms with Crippen LogP contribution in [0.1, 0.15) is 94.5 Å². The number of rotatable bonds is 13. The van der Waals surface area contributed by atoms with Gasteiger partial charge < -0.3 is 19.6 Å². The van der Waals surface area contributed by atoms with Crippen LogP contribution in [0, 0.1) is 0 Å². The van der Waals surface area contributed by atoms with Gasteiger partial charge in [-0.2, -0.15) is 0 Å². The second-order valence-electron chi connectivity index (χ2n) is 38.5. The maximum atomic E-state index is 2.51. The fourth-order valence-electron chi connectivity index (χ4n) is 24.2. The second kappa shape index (κ2) is 32.3. The molecular weight excluding hydrogens is 1670 g/mol. The summed E-state index contributed by atoms with van der Waals surface area (Å²) in [7, 11) is 0. The molecule has 0 N–H and O–H groups in total. The third-order valence-corrected chi connectivity index (χ3v) is 30.5. The molecule has 4 heteroatoms. The molecule has 0 unspecified atom stereocenters. The van der Waals surface area contributed by atoms with Crippen LogP contribution in [-0.4, -0.2) is 0 Å². The highest BCUT2D eigenvalue weighted by Crippen LogP contribution is 2.67. The van der Waals surface area contributed by atoms with Gasteiger partial charge in [0.05, 0.1) is 39.3 Å². The van der Waals surface area contributed by atoms with Gasteiger partial charge in [-0.15, -0.1) is 0 Å². The Labute approximate surface area is 808 Å². The number of para-hydroxylation sites is 7. The Morgan fingerprint density at radius 1 is 0.152 bits per heavy atom. The molecule has 0 bridgehead atoms. The van der Waals surface area contributed by atoms with E-state index >= 15 is 0 Å². The van der Waals surface area contributed by atoms with Crippen molar-refractivity contribution in [2.75, 3.05) is 19.6 Å². The van der Waals surface area contributed by atoms with Gasteiger partial charge in [-0.3, -0.25) is 0 Å². The summed E-state index contributed by atoms with van der Waals surface area (Å²) >= 11 is 0. The molecule has 4 nitrogen and oxygen atoms in total. The van der Waals surface area contributed by atoms with Crippen molar-refractivity contribution in [3.63, 3.8) is 0 Å². The smallest absolute Gasteiger partial charge is 0.0755 e. The molecule has 21 aromatic carbocycles. The normalized spacial score (nSPS) is 14.0. The number of nitrogens with zero attached hydrogens (tertiary/aromatic N) is 4. The lowest BCUT2D eigenvalue weighted by molar-refractivity contribution is 0.660. The zero-order valence-electron chi connectivity index (χ0n) is 77.3. The molecular formula is C134H96N4. The SMILES string of the molecule is CC1(C)c2cc(-c3ccccc3)ccc2-c2ccc(N(c3ccc(-c4ccc(-c5ccccc5)cc4)cc3)c3ccc4c(c3)C3(c5ccccc5-4)c4ccccc4N(c4ccccc4)c4ccccc43)cc21.CC1(C)c2ccccc2-c2ccc(-c3ccc(N(c4ccc5c(c4)C4(c6ccccc6-5)c5ccccc5N(c5ccccc5)c5ccccc54)c4ccccc4-c4ccccc4)cc3)cc21. The number of anilines is 12. The van der Waals surface area contributed by atoms with Gasteiger partial charge in [-0.05, 0) is 289 Å². The largest absolute Gasteiger partial charge is 0.310 e. The zero-order chi connectivity index (χ0) is 92.0. The molecule has 6 aliphatic rings. The molecule has 0 saturated heterocycles. The molecule has 0 saturated carbocycles. The maximum absolute atomic E-state index is 2.51. The fourth-order valence-corrected chi connectivity index (χ4v) is 24.2. The minimum absolute atomic E-state index is 0.0659. The first-order valence-electron chi connectivity index (χ1n) is 48.3. The third-order valence-electron chi connectivity index (χ3n) is 30.5. The van der Waals surface area contributed by atoms with Crippen LogP contribution >= 0.6 is 0 Å². The van der Waals surface area contributed by atoms with E-state index in [0.29, 0.717) is 0 Å². The summed E-state index contributed by atoms with van der Waals surface area (Å²) in [6, 6.07) is 189. The molecule has 652 valence electrons. The fraction of sp³-hybridized carbons (Fsp3) is 0.0597. The lowest BCUT2D eigenvalue weighted by atomic mass is 9.64. The molecule has 0 amide bonds. The van der Waals surface area contributed by atoms with E-state index in [1.54, 1.807) is 0 Å². The lowest BCUT2D eigenvalue weighted by Gasteiger charge is -2.45. The Bertz CT molecular complexity index is 8270. The average molecular weight is 1760 g/mol. The molecule has 2 aliphatic heterocycles. The molecule has 138 heavy (non-hydrogen) atoms. The van der Waals surface area contributed by atoms with E-state index in [-0.39, 0.29) is 10.8 Å². The van der Waals surface area contributed by atoms with Crippen LogP contribution in [-0.2, 0) is 21.7 Å². The van der Waals surface area contributed by atoms with Crippen molar-refractivity contribution >= 4 is 68.2 Å². The monoisotopic (exact) mass is 1760 g/mol. The van der Waals surface area contributed by atoms with Gasteiger partial charge in [0.25, 0.3) is 0 Å². The highest BCUT2D eigenvalue weighted by atomic mass is 15.2. The molecule has 2 spiro atoms. The van der Waals surface area contributed by atoms with Gasteiger partial charge in [0.15, 0.2) is 0 Å². The number of benzene rings is 21. The third kappa shape index (κ3) is 12.6. The van der Waals surface area contributed by atoms with Crippen molar-refractivity contribution in [2.45, 2.75) is 49.4 Å². The summed E-state index contributed by atoms with van der Waals surface area (Å²) in [6.07, 6.45) is 0. The first-order chi connectivity index (χ1) is 68.0.